The first-order chi connectivity index (χ1) is 13.2. The van der Waals surface area contributed by atoms with Gasteiger partial charge in [-0.25, -0.2) is 9.18 Å². The van der Waals surface area contributed by atoms with Crippen molar-refractivity contribution in [3.63, 3.8) is 0 Å². The molecule has 0 heterocycles. The predicted molar refractivity (Wildman–Crippen MR) is 106 cm³/mol. The van der Waals surface area contributed by atoms with Crippen LogP contribution >= 0.6 is 11.6 Å². The smallest absolute Gasteiger partial charge is 0.344 e. The fourth-order valence-corrected chi connectivity index (χ4v) is 2.46. The molecule has 0 atom stereocenters. The Balaban J connectivity index is 2.23. The molecule has 28 heavy (non-hydrogen) atoms. The van der Waals surface area contributed by atoms with Crippen molar-refractivity contribution in [1.29, 1.82) is 0 Å². The predicted octanol–water partition coefficient (Wildman–Crippen LogP) is 4.75. The molecule has 0 aliphatic carbocycles. The fourth-order valence-electron chi connectivity index (χ4n) is 2.29. The number of carbonyl (C=O) groups is 1. The Morgan fingerprint density at radius 3 is 2.50 bits per heavy atom. The van der Waals surface area contributed by atoms with E-state index in [9.17, 15) is 9.18 Å². The summed E-state index contributed by atoms with van der Waals surface area (Å²) < 4.78 is 29.8. The van der Waals surface area contributed by atoms with Crippen LogP contribution in [0.25, 0.3) is 0 Å². The Labute approximate surface area is 169 Å². The summed E-state index contributed by atoms with van der Waals surface area (Å²) in [5.41, 5.74) is 0.870. The molecule has 0 spiro atoms. The van der Waals surface area contributed by atoms with E-state index in [-0.39, 0.29) is 12.2 Å². The third kappa shape index (κ3) is 6.88. The number of hydrogen-bond acceptors (Lipinski definition) is 4. The van der Waals surface area contributed by atoms with Gasteiger partial charge in [0.15, 0.2) is 6.61 Å². The van der Waals surface area contributed by atoms with Crippen LogP contribution in [0.1, 0.15) is 37.5 Å². The minimum atomic E-state index is -0.603. The average Bonchev–Trinajstić information content (AvgIpc) is 2.60. The van der Waals surface area contributed by atoms with Gasteiger partial charge in [0.2, 0.25) is 0 Å². The van der Waals surface area contributed by atoms with Crippen LogP contribution in [0.3, 0.4) is 0 Å². The highest BCUT2D eigenvalue weighted by Crippen LogP contribution is 2.23. The fraction of sp³-hybridized carbons (Fsp3) is 0.318. The molecular weight excluding hydrogens is 383 g/mol. The molecule has 0 aliphatic heterocycles. The Kier molecular flexibility index (Phi) is 7.45. The first-order valence-electron chi connectivity index (χ1n) is 8.61. The summed E-state index contributed by atoms with van der Waals surface area (Å²) in [4.78, 5) is 11.9. The van der Waals surface area contributed by atoms with Crippen molar-refractivity contribution in [2.24, 2.45) is 0 Å². The van der Waals surface area contributed by atoms with Crippen molar-refractivity contribution in [3.8, 4) is 17.6 Å². The second-order valence-electron chi connectivity index (χ2n) is 7.01. The van der Waals surface area contributed by atoms with Crippen molar-refractivity contribution >= 4 is 17.6 Å². The molecule has 6 heteroatoms. The quantitative estimate of drug-likeness (QED) is 0.533. The first-order valence-corrected chi connectivity index (χ1v) is 8.99. The van der Waals surface area contributed by atoms with Crippen molar-refractivity contribution in [2.45, 2.75) is 33.0 Å². The van der Waals surface area contributed by atoms with E-state index >= 15 is 0 Å². The zero-order chi connectivity index (χ0) is 20.7. The number of halogens is 2. The molecule has 0 bridgehead atoms. The largest absolute Gasteiger partial charge is 0.481 e. The molecule has 0 aliphatic rings. The van der Waals surface area contributed by atoms with Gasteiger partial charge in [0.05, 0.1) is 17.7 Å². The lowest BCUT2D eigenvalue weighted by Gasteiger charge is -2.19. The maximum atomic E-state index is 14.0. The van der Waals surface area contributed by atoms with Crippen LogP contribution < -0.4 is 4.74 Å². The van der Waals surface area contributed by atoms with Crippen LogP contribution in [-0.2, 0) is 20.9 Å². The van der Waals surface area contributed by atoms with Gasteiger partial charge in [0.1, 0.15) is 17.2 Å². The SMILES string of the molecule is COCc1ccc(F)c(C#Cc2cc(Cl)ccc2OCC(=O)OC(C)(C)C)c1. The topological polar surface area (TPSA) is 44.8 Å². The minimum absolute atomic E-state index is 0.229. The van der Waals surface area contributed by atoms with Crippen LogP contribution in [0.5, 0.6) is 5.75 Å². The number of carbonyl (C=O) groups excluding carboxylic acids is 1. The lowest BCUT2D eigenvalue weighted by Crippen LogP contribution is -2.27. The molecule has 2 rings (SSSR count). The number of rotatable bonds is 5. The Bertz CT molecular complexity index is 907. The summed E-state index contributed by atoms with van der Waals surface area (Å²) in [6, 6.07) is 9.42. The number of esters is 1. The summed E-state index contributed by atoms with van der Waals surface area (Å²) in [6.07, 6.45) is 0. The molecular formula is C22H22ClFO4. The number of ether oxygens (including phenoxy) is 3. The first kappa shape index (κ1) is 21.7. The number of benzene rings is 2. The molecule has 0 aromatic heterocycles. The molecule has 0 radical (unpaired) electrons. The van der Waals surface area contributed by atoms with Crippen LogP contribution in [0, 0.1) is 17.7 Å². The maximum absolute atomic E-state index is 14.0. The Morgan fingerprint density at radius 1 is 1.11 bits per heavy atom. The third-order valence-corrected chi connectivity index (χ3v) is 3.62. The minimum Gasteiger partial charge on any atom is -0.481 e. The lowest BCUT2D eigenvalue weighted by atomic mass is 10.1. The van der Waals surface area contributed by atoms with Crippen molar-refractivity contribution in [2.75, 3.05) is 13.7 Å². The van der Waals surface area contributed by atoms with E-state index in [4.69, 9.17) is 25.8 Å². The number of methoxy groups -OCH3 is 1. The molecule has 2 aromatic carbocycles. The zero-order valence-corrected chi connectivity index (χ0v) is 17.0. The summed E-state index contributed by atoms with van der Waals surface area (Å²) in [6.45, 7) is 5.41. The second-order valence-corrected chi connectivity index (χ2v) is 7.45. The molecule has 4 nitrogen and oxygen atoms in total. The van der Waals surface area contributed by atoms with Gasteiger partial charge in [-0.15, -0.1) is 0 Å². The normalized spacial score (nSPS) is 10.8. The number of hydrogen-bond donors (Lipinski definition) is 0. The van der Waals surface area contributed by atoms with Crippen molar-refractivity contribution < 1.29 is 23.4 Å². The summed E-state index contributed by atoms with van der Waals surface area (Å²) in [5, 5.41) is 0.447. The highest BCUT2D eigenvalue weighted by Gasteiger charge is 2.17. The second kappa shape index (κ2) is 9.59. The van der Waals surface area contributed by atoms with E-state index in [1.807, 2.05) is 0 Å². The summed E-state index contributed by atoms with van der Waals surface area (Å²) in [7, 11) is 1.56. The van der Waals surface area contributed by atoms with Crippen LogP contribution in [0.4, 0.5) is 4.39 Å². The molecule has 0 fully saturated rings. The van der Waals surface area contributed by atoms with Crippen LogP contribution in [-0.4, -0.2) is 25.3 Å². The van der Waals surface area contributed by atoms with Gasteiger partial charge in [-0.1, -0.05) is 29.5 Å². The van der Waals surface area contributed by atoms with Crippen LogP contribution in [0.15, 0.2) is 36.4 Å². The monoisotopic (exact) mass is 404 g/mol. The van der Waals surface area contributed by atoms with Gasteiger partial charge in [0, 0.05) is 12.1 Å². The molecule has 0 N–H and O–H groups in total. The van der Waals surface area contributed by atoms with E-state index in [0.717, 1.165) is 5.56 Å². The summed E-state index contributed by atoms with van der Waals surface area (Å²) in [5.74, 6) is 5.06. The third-order valence-electron chi connectivity index (χ3n) is 3.38. The molecule has 0 saturated heterocycles. The zero-order valence-electron chi connectivity index (χ0n) is 16.3. The Hall–Kier alpha value is -2.55. The molecule has 2 aromatic rings. The van der Waals surface area contributed by atoms with Gasteiger partial charge < -0.3 is 14.2 Å². The Morgan fingerprint density at radius 2 is 1.82 bits per heavy atom. The van der Waals surface area contributed by atoms with Crippen LogP contribution in [0.2, 0.25) is 5.02 Å². The average molecular weight is 405 g/mol. The summed E-state index contributed by atoms with van der Waals surface area (Å²) >= 11 is 6.04. The highest BCUT2D eigenvalue weighted by molar-refractivity contribution is 6.30. The molecule has 0 amide bonds. The van der Waals surface area contributed by atoms with E-state index in [1.54, 1.807) is 58.2 Å². The highest BCUT2D eigenvalue weighted by atomic mass is 35.5. The van der Waals surface area contributed by atoms with Crippen molar-refractivity contribution in [1.82, 2.24) is 0 Å². The van der Waals surface area contributed by atoms with E-state index < -0.39 is 17.4 Å². The maximum Gasteiger partial charge on any atom is 0.344 e. The standard InChI is InChI=1S/C22H22ClFO4/c1-22(2,3)28-21(25)14-27-20-10-8-18(23)12-17(20)7-6-16-11-15(13-26-4)5-9-19(16)24/h5,8-12H,13-14H2,1-4H3. The van der Waals surface area contributed by atoms with Gasteiger partial charge in [-0.05, 0) is 56.7 Å². The van der Waals surface area contributed by atoms with Crippen molar-refractivity contribution in [3.05, 3.63) is 63.9 Å². The van der Waals surface area contributed by atoms with Gasteiger partial charge >= 0.3 is 5.97 Å². The molecule has 148 valence electrons. The van der Waals surface area contributed by atoms with E-state index in [0.29, 0.717) is 22.9 Å². The van der Waals surface area contributed by atoms with Gasteiger partial charge in [-0.2, -0.15) is 0 Å². The van der Waals surface area contributed by atoms with E-state index in [2.05, 4.69) is 11.8 Å². The van der Waals surface area contributed by atoms with Gasteiger partial charge in [-0.3, -0.25) is 0 Å². The molecule has 0 unspecified atom stereocenters. The lowest BCUT2D eigenvalue weighted by molar-refractivity contribution is -0.157. The van der Waals surface area contributed by atoms with Gasteiger partial charge in [0.25, 0.3) is 0 Å². The molecule has 0 saturated carbocycles. The van der Waals surface area contributed by atoms with E-state index in [1.165, 1.54) is 6.07 Å².